The third-order valence-electron chi connectivity index (χ3n) is 10.0. The van der Waals surface area contributed by atoms with Gasteiger partial charge in [0.2, 0.25) is 0 Å². The molecule has 272 valence electrons. The molecule has 0 saturated heterocycles. The molecule has 0 saturated carbocycles. The summed E-state index contributed by atoms with van der Waals surface area (Å²) in [5.74, 6) is 1.17. The molecule has 0 aliphatic carbocycles. The molecule has 6 aromatic rings. The third kappa shape index (κ3) is 8.95. The lowest BCUT2D eigenvalue weighted by Crippen LogP contribution is -2.07. The first kappa shape index (κ1) is 37.7. The maximum atomic E-state index is 14.6. The Bertz CT molecular complexity index is 1930. The molecule has 0 aromatic heterocycles. The second-order valence-corrected chi connectivity index (χ2v) is 14.8. The van der Waals surface area contributed by atoms with E-state index in [0.29, 0.717) is 17.2 Å². The minimum Gasteiger partial charge on any atom is -0.386 e. The predicted molar refractivity (Wildman–Crippen MR) is 221 cm³/mol. The van der Waals surface area contributed by atoms with Gasteiger partial charge < -0.3 is 13.6 Å². The highest BCUT2D eigenvalue weighted by Crippen LogP contribution is 2.50. The molecule has 5 heteroatoms. The summed E-state index contributed by atoms with van der Waals surface area (Å²) in [5, 5.41) is 0. The predicted octanol–water partition coefficient (Wildman–Crippen LogP) is 13.7. The summed E-state index contributed by atoms with van der Waals surface area (Å²) in [7, 11) is -4.22. The van der Waals surface area contributed by atoms with Gasteiger partial charge in [0.1, 0.15) is 17.2 Å². The molecule has 0 bridgehead atoms. The van der Waals surface area contributed by atoms with Crippen molar-refractivity contribution < 1.29 is 18.1 Å². The Morgan fingerprint density at radius 3 is 0.849 bits per heavy atom. The molecule has 0 heterocycles. The van der Waals surface area contributed by atoms with Gasteiger partial charge in [0.25, 0.3) is 0 Å². The number of hydrogen-bond donors (Lipinski definition) is 0. The van der Waals surface area contributed by atoms with Gasteiger partial charge in [0, 0.05) is 0 Å². The van der Waals surface area contributed by atoms with Gasteiger partial charge in [-0.3, -0.25) is 0 Å². The van der Waals surface area contributed by atoms with Gasteiger partial charge in [-0.1, -0.05) is 133 Å². The van der Waals surface area contributed by atoms with Crippen molar-refractivity contribution in [2.75, 3.05) is 0 Å². The Morgan fingerprint density at radius 1 is 0.358 bits per heavy atom. The number of phosphoric ester groups is 1. The van der Waals surface area contributed by atoms with Crippen LogP contribution in [0.15, 0.2) is 127 Å². The molecule has 0 fully saturated rings. The zero-order valence-corrected chi connectivity index (χ0v) is 32.8. The largest absolute Gasteiger partial charge is 0.647 e. The smallest absolute Gasteiger partial charge is 0.386 e. The number of phosphoric acid groups is 1. The van der Waals surface area contributed by atoms with Crippen molar-refractivity contribution in [2.24, 2.45) is 0 Å². The molecule has 0 aliphatic rings. The van der Waals surface area contributed by atoms with Crippen molar-refractivity contribution in [3.8, 4) is 50.6 Å². The highest BCUT2D eigenvalue weighted by Gasteiger charge is 2.33. The van der Waals surface area contributed by atoms with Crippen LogP contribution < -0.4 is 13.6 Å². The summed E-state index contributed by atoms with van der Waals surface area (Å²) in [6, 6.07) is 42.8. The fraction of sp³-hybridized carbons (Fsp3) is 0.250. The van der Waals surface area contributed by atoms with Crippen LogP contribution in [0.1, 0.15) is 74.9 Å². The molecule has 0 amide bonds. The van der Waals surface area contributed by atoms with Crippen LogP contribution in [0.4, 0.5) is 0 Å². The van der Waals surface area contributed by atoms with Crippen molar-refractivity contribution in [3.63, 3.8) is 0 Å². The van der Waals surface area contributed by atoms with Crippen LogP contribution in [0.5, 0.6) is 17.2 Å². The number of hydrogen-bond acceptors (Lipinski definition) is 4. The second-order valence-electron chi connectivity index (χ2n) is 13.4. The van der Waals surface area contributed by atoms with E-state index in [1.54, 1.807) is 0 Å². The van der Waals surface area contributed by atoms with E-state index >= 15 is 0 Å². The summed E-state index contributed by atoms with van der Waals surface area (Å²) in [6.07, 6.45) is 5.80. The van der Waals surface area contributed by atoms with Crippen molar-refractivity contribution in [1.29, 1.82) is 0 Å². The van der Waals surface area contributed by atoms with Crippen LogP contribution in [-0.2, 0) is 43.1 Å². The fourth-order valence-corrected chi connectivity index (χ4v) is 8.10. The van der Waals surface area contributed by atoms with E-state index in [4.69, 9.17) is 13.6 Å². The number of rotatable bonds is 15. The first-order chi connectivity index (χ1) is 25.8. The molecule has 0 aliphatic heterocycles. The van der Waals surface area contributed by atoms with E-state index in [1.807, 2.05) is 72.8 Å². The first-order valence-corrected chi connectivity index (χ1v) is 20.6. The van der Waals surface area contributed by atoms with Crippen LogP contribution in [0.2, 0.25) is 0 Å². The first-order valence-electron chi connectivity index (χ1n) is 19.1. The van der Waals surface area contributed by atoms with Gasteiger partial charge in [-0.2, -0.15) is 4.57 Å². The fourth-order valence-electron chi connectivity index (χ4n) is 6.85. The minimum atomic E-state index is -4.22. The maximum Gasteiger partial charge on any atom is 0.647 e. The molecular weight excluding hydrogens is 671 g/mol. The van der Waals surface area contributed by atoms with Crippen LogP contribution >= 0.6 is 7.82 Å². The van der Waals surface area contributed by atoms with Crippen molar-refractivity contribution >= 4 is 7.82 Å². The maximum absolute atomic E-state index is 14.6. The van der Waals surface area contributed by atoms with Crippen LogP contribution in [0.3, 0.4) is 0 Å². The standard InChI is InChI=1S/C48H51O4P/c1-7-34-13-28-46(37(10-4)31-34)40-16-22-43(23-17-40)50-53(49,51-44-24-18-41(19-25-44)47-29-14-35(8-2)32-38(47)11-5)52-45-26-20-42(21-27-45)48-30-15-36(9-3)33-39(48)12-6/h13-33H,7-12H2,1-6H3. The molecule has 0 N–H and O–H groups in total. The molecule has 0 spiro atoms. The lowest BCUT2D eigenvalue weighted by Gasteiger charge is -2.20. The zero-order chi connectivity index (χ0) is 37.4. The van der Waals surface area contributed by atoms with Gasteiger partial charge in [0.05, 0.1) is 0 Å². The third-order valence-corrected chi connectivity index (χ3v) is 11.3. The van der Waals surface area contributed by atoms with E-state index in [0.717, 1.165) is 55.2 Å². The van der Waals surface area contributed by atoms with Gasteiger partial charge in [0.15, 0.2) is 0 Å². The van der Waals surface area contributed by atoms with E-state index in [2.05, 4.69) is 96.1 Å². The highest BCUT2D eigenvalue weighted by molar-refractivity contribution is 7.49. The Morgan fingerprint density at radius 2 is 0.623 bits per heavy atom. The second kappa shape index (κ2) is 17.2. The number of benzene rings is 6. The Balaban J connectivity index is 1.29. The summed E-state index contributed by atoms with van der Waals surface area (Å²) >= 11 is 0. The van der Waals surface area contributed by atoms with Crippen molar-refractivity contribution in [3.05, 3.63) is 161 Å². The molecule has 0 radical (unpaired) electrons. The van der Waals surface area contributed by atoms with Crippen molar-refractivity contribution in [2.45, 2.75) is 80.1 Å². The van der Waals surface area contributed by atoms with Crippen molar-refractivity contribution in [1.82, 2.24) is 0 Å². The summed E-state index contributed by atoms with van der Waals surface area (Å²) in [4.78, 5) is 0. The van der Waals surface area contributed by atoms with E-state index < -0.39 is 7.82 Å². The van der Waals surface area contributed by atoms with Crippen LogP contribution in [-0.4, -0.2) is 0 Å². The quantitative estimate of drug-likeness (QED) is 0.0990. The van der Waals surface area contributed by atoms with Gasteiger partial charge >= 0.3 is 7.82 Å². The van der Waals surface area contributed by atoms with Crippen LogP contribution in [0.25, 0.3) is 33.4 Å². The normalized spacial score (nSPS) is 11.4. The molecule has 4 nitrogen and oxygen atoms in total. The van der Waals surface area contributed by atoms with E-state index in [-0.39, 0.29) is 0 Å². The summed E-state index contributed by atoms with van der Waals surface area (Å²) in [6.45, 7) is 13.0. The molecule has 53 heavy (non-hydrogen) atoms. The average Bonchev–Trinajstić information content (AvgIpc) is 3.20. The molecule has 6 aromatic carbocycles. The summed E-state index contributed by atoms with van der Waals surface area (Å²) < 4.78 is 33.1. The Kier molecular flexibility index (Phi) is 12.2. The van der Waals surface area contributed by atoms with Crippen LogP contribution in [0, 0.1) is 0 Å². The SMILES string of the molecule is CCc1ccc(-c2ccc(OP(=O)(Oc3ccc(-c4ccc(CC)cc4CC)cc3)Oc3ccc(-c4ccc(CC)cc4CC)cc3)cc2)c(CC)c1. The highest BCUT2D eigenvalue weighted by atomic mass is 31.2. The topological polar surface area (TPSA) is 44.8 Å². The molecule has 0 unspecified atom stereocenters. The minimum absolute atomic E-state index is 0.390. The molecule has 0 atom stereocenters. The van der Waals surface area contributed by atoms with E-state index in [9.17, 15) is 4.57 Å². The summed E-state index contributed by atoms with van der Waals surface area (Å²) in [5.41, 5.74) is 14.6. The lowest BCUT2D eigenvalue weighted by molar-refractivity contribution is 0.298. The molecular formula is C48H51O4P. The lowest BCUT2D eigenvalue weighted by atomic mass is 9.95. The molecule has 6 rings (SSSR count). The average molecular weight is 723 g/mol. The Labute approximate surface area is 316 Å². The number of aryl methyl sites for hydroxylation is 6. The van der Waals surface area contributed by atoms with E-state index in [1.165, 1.54) is 50.1 Å². The zero-order valence-electron chi connectivity index (χ0n) is 31.9. The van der Waals surface area contributed by atoms with Gasteiger partial charge in [-0.25, -0.2) is 0 Å². The van der Waals surface area contributed by atoms with Gasteiger partial charge in [-0.15, -0.1) is 0 Å². The Hall–Kier alpha value is -5.05. The monoisotopic (exact) mass is 722 g/mol. The van der Waals surface area contributed by atoms with Gasteiger partial charge in [-0.05, 0) is 142 Å².